The summed E-state index contributed by atoms with van der Waals surface area (Å²) in [6.07, 6.45) is 2.92. The number of rotatable bonds is 4. The van der Waals surface area contributed by atoms with Crippen LogP contribution in [0.4, 0.5) is 0 Å². The van der Waals surface area contributed by atoms with Crippen LogP contribution >= 0.6 is 0 Å². The second kappa shape index (κ2) is 5.26. The molecule has 0 unspecified atom stereocenters. The average Bonchev–Trinajstić information content (AvgIpc) is 2.39. The molecule has 0 amide bonds. The van der Waals surface area contributed by atoms with Crippen molar-refractivity contribution in [2.45, 2.75) is 6.42 Å². The van der Waals surface area contributed by atoms with E-state index in [1.807, 2.05) is 0 Å². The van der Waals surface area contributed by atoms with Crippen molar-refractivity contribution in [3.8, 4) is 0 Å². The highest BCUT2D eigenvalue weighted by molar-refractivity contribution is 5.88. The Hall–Kier alpha value is -2.76. The van der Waals surface area contributed by atoms with Gasteiger partial charge in [0.1, 0.15) is 0 Å². The zero-order valence-electron chi connectivity index (χ0n) is 9.78. The molecule has 0 aliphatic heterocycles. The van der Waals surface area contributed by atoms with Crippen LogP contribution < -0.4 is 0 Å². The average molecular weight is 258 g/mol. The molecule has 2 heterocycles. The summed E-state index contributed by atoms with van der Waals surface area (Å²) >= 11 is 0. The number of carboxylic acid groups (broad SMARTS) is 2. The van der Waals surface area contributed by atoms with Crippen molar-refractivity contribution in [2.75, 3.05) is 0 Å². The molecule has 0 radical (unpaired) electrons. The Kier molecular flexibility index (Phi) is 3.51. The maximum atomic E-state index is 11.0. The Morgan fingerprint density at radius 3 is 1.68 bits per heavy atom. The monoisotopic (exact) mass is 258 g/mol. The Labute approximate surface area is 108 Å². The normalized spacial score (nSPS) is 10.1. The van der Waals surface area contributed by atoms with E-state index in [1.54, 1.807) is 24.3 Å². The van der Waals surface area contributed by atoms with Crippen molar-refractivity contribution < 1.29 is 19.8 Å². The summed E-state index contributed by atoms with van der Waals surface area (Å²) in [5.41, 5.74) is 0.737. The largest absolute Gasteiger partial charge is 0.477 e. The molecule has 19 heavy (non-hydrogen) atoms. The molecule has 2 rings (SSSR count). The fraction of sp³-hybridized carbons (Fsp3) is 0.0769. The van der Waals surface area contributed by atoms with Gasteiger partial charge in [-0.15, -0.1) is 0 Å². The van der Waals surface area contributed by atoms with Crippen molar-refractivity contribution in [3.05, 3.63) is 59.2 Å². The van der Waals surface area contributed by atoms with E-state index in [4.69, 9.17) is 10.2 Å². The quantitative estimate of drug-likeness (QED) is 0.861. The molecule has 0 bridgehead atoms. The summed E-state index contributed by atoms with van der Waals surface area (Å²) in [6, 6.07) is 6.43. The first-order valence-corrected chi connectivity index (χ1v) is 5.44. The fourth-order valence-electron chi connectivity index (χ4n) is 1.75. The second-order valence-corrected chi connectivity index (χ2v) is 3.81. The lowest BCUT2D eigenvalue weighted by Gasteiger charge is -2.07. The van der Waals surface area contributed by atoms with Gasteiger partial charge in [0, 0.05) is 18.8 Å². The first-order chi connectivity index (χ1) is 9.09. The molecule has 2 aromatic rings. The topological polar surface area (TPSA) is 100 Å². The molecule has 2 N–H and O–H groups in total. The number of hydrogen-bond acceptors (Lipinski definition) is 4. The number of aromatic nitrogens is 2. The highest BCUT2D eigenvalue weighted by Gasteiger charge is 2.15. The molecule has 0 saturated carbocycles. The molecule has 0 atom stereocenters. The zero-order chi connectivity index (χ0) is 13.8. The molecule has 0 saturated heterocycles. The van der Waals surface area contributed by atoms with Crippen LogP contribution in [0.25, 0.3) is 0 Å². The Bertz CT molecular complexity index is 585. The lowest BCUT2D eigenvalue weighted by Crippen LogP contribution is -2.09. The van der Waals surface area contributed by atoms with E-state index >= 15 is 0 Å². The molecule has 0 aliphatic carbocycles. The summed E-state index contributed by atoms with van der Waals surface area (Å²) in [5.74, 6) is -2.28. The highest BCUT2D eigenvalue weighted by atomic mass is 16.4. The van der Waals surface area contributed by atoms with E-state index in [-0.39, 0.29) is 17.8 Å². The number of carboxylic acids is 2. The van der Waals surface area contributed by atoms with Gasteiger partial charge in [0.25, 0.3) is 0 Å². The minimum absolute atomic E-state index is 0.0808. The summed E-state index contributed by atoms with van der Waals surface area (Å²) < 4.78 is 0. The van der Waals surface area contributed by atoms with Gasteiger partial charge in [-0.1, -0.05) is 12.1 Å². The van der Waals surface area contributed by atoms with Crippen LogP contribution in [0.2, 0.25) is 0 Å². The summed E-state index contributed by atoms with van der Waals surface area (Å²) in [5, 5.41) is 18.1. The number of nitrogens with zero attached hydrogens (tertiary/aromatic N) is 2. The standard InChI is InChI=1S/C13H10N2O4/c16-12(17)10-8(3-1-5-14-10)7-9-4-2-6-15-11(9)13(18)19/h1-6H,7H2,(H,16,17)(H,18,19). The van der Waals surface area contributed by atoms with Gasteiger partial charge in [0.05, 0.1) is 0 Å². The van der Waals surface area contributed by atoms with Crippen LogP contribution in [0.1, 0.15) is 32.1 Å². The minimum Gasteiger partial charge on any atom is -0.477 e. The maximum Gasteiger partial charge on any atom is 0.354 e. The van der Waals surface area contributed by atoms with Gasteiger partial charge in [0.2, 0.25) is 0 Å². The molecule has 2 aromatic heterocycles. The summed E-state index contributed by atoms with van der Waals surface area (Å²) in [7, 11) is 0. The Balaban J connectivity index is 2.42. The van der Waals surface area contributed by atoms with Gasteiger partial charge in [-0.3, -0.25) is 0 Å². The highest BCUT2D eigenvalue weighted by Crippen LogP contribution is 2.15. The lowest BCUT2D eigenvalue weighted by molar-refractivity contribution is 0.0680. The smallest absolute Gasteiger partial charge is 0.354 e. The Morgan fingerprint density at radius 1 is 0.895 bits per heavy atom. The van der Waals surface area contributed by atoms with Gasteiger partial charge >= 0.3 is 11.9 Å². The number of hydrogen-bond donors (Lipinski definition) is 2. The summed E-state index contributed by atoms with van der Waals surface area (Å²) in [6.45, 7) is 0. The molecule has 0 fully saturated rings. The SMILES string of the molecule is O=C(O)c1ncccc1Cc1cccnc1C(=O)O. The van der Waals surface area contributed by atoms with Crippen LogP contribution in [0, 0.1) is 0 Å². The predicted octanol–water partition coefficient (Wildman–Crippen LogP) is 1.46. The first-order valence-electron chi connectivity index (χ1n) is 5.44. The number of pyridine rings is 2. The van der Waals surface area contributed by atoms with Crippen molar-refractivity contribution >= 4 is 11.9 Å². The maximum absolute atomic E-state index is 11.0. The molecule has 96 valence electrons. The number of aromatic carboxylic acids is 2. The third-order valence-electron chi connectivity index (χ3n) is 2.57. The van der Waals surface area contributed by atoms with Gasteiger partial charge in [0.15, 0.2) is 11.4 Å². The molecule has 6 heteroatoms. The summed E-state index contributed by atoms with van der Waals surface area (Å²) in [4.78, 5) is 29.6. The van der Waals surface area contributed by atoms with E-state index in [9.17, 15) is 9.59 Å². The first kappa shape index (κ1) is 12.7. The third-order valence-corrected chi connectivity index (χ3v) is 2.57. The molecular weight excluding hydrogens is 248 g/mol. The van der Waals surface area contributed by atoms with E-state index < -0.39 is 11.9 Å². The molecule has 0 aliphatic rings. The lowest BCUT2D eigenvalue weighted by atomic mass is 10.0. The number of carbonyl (C=O) groups is 2. The molecular formula is C13H10N2O4. The van der Waals surface area contributed by atoms with Gasteiger partial charge < -0.3 is 10.2 Å². The van der Waals surface area contributed by atoms with Gasteiger partial charge in [-0.25, -0.2) is 19.6 Å². The van der Waals surface area contributed by atoms with E-state index in [1.165, 1.54) is 12.4 Å². The van der Waals surface area contributed by atoms with Crippen molar-refractivity contribution in [1.82, 2.24) is 9.97 Å². The van der Waals surface area contributed by atoms with Gasteiger partial charge in [-0.05, 0) is 23.3 Å². The van der Waals surface area contributed by atoms with Crippen LogP contribution in [-0.4, -0.2) is 32.1 Å². The third kappa shape index (κ3) is 2.74. The predicted molar refractivity (Wildman–Crippen MR) is 65.2 cm³/mol. The molecule has 6 nitrogen and oxygen atoms in total. The van der Waals surface area contributed by atoms with E-state index in [0.717, 1.165) is 0 Å². The van der Waals surface area contributed by atoms with Crippen LogP contribution in [0.15, 0.2) is 36.7 Å². The van der Waals surface area contributed by atoms with Crippen molar-refractivity contribution in [2.24, 2.45) is 0 Å². The molecule has 0 spiro atoms. The Morgan fingerprint density at radius 2 is 1.32 bits per heavy atom. The van der Waals surface area contributed by atoms with E-state index in [2.05, 4.69) is 9.97 Å². The van der Waals surface area contributed by atoms with Crippen LogP contribution in [0.3, 0.4) is 0 Å². The fourth-order valence-corrected chi connectivity index (χ4v) is 1.75. The van der Waals surface area contributed by atoms with E-state index in [0.29, 0.717) is 11.1 Å². The van der Waals surface area contributed by atoms with Crippen LogP contribution in [-0.2, 0) is 6.42 Å². The zero-order valence-corrected chi connectivity index (χ0v) is 9.78. The minimum atomic E-state index is -1.14. The second-order valence-electron chi connectivity index (χ2n) is 3.81. The van der Waals surface area contributed by atoms with Crippen LogP contribution in [0.5, 0.6) is 0 Å². The van der Waals surface area contributed by atoms with Crippen molar-refractivity contribution in [1.29, 1.82) is 0 Å². The van der Waals surface area contributed by atoms with Gasteiger partial charge in [-0.2, -0.15) is 0 Å². The molecule has 0 aromatic carbocycles. The van der Waals surface area contributed by atoms with Crippen molar-refractivity contribution in [3.63, 3.8) is 0 Å².